The van der Waals surface area contributed by atoms with E-state index in [-0.39, 0.29) is 12.5 Å². The lowest BCUT2D eigenvalue weighted by atomic mass is 9.97. The number of amides is 1. The minimum absolute atomic E-state index is 0.0559. The number of hydrogen-bond acceptors (Lipinski definition) is 3. The van der Waals surface area contributed by atoms with Crippen molar-refractivity contribution in [2.75, 3.05) is 6.61 Å². The molecule has 0 spiro atoms. The van der Waals surface area contributed by atoms with Crippen LogP contribution in [0.2, 0.25) is 0 Å². The number of piperidine rings is 1. The minimum Gasteiger partial charge on any atom is -0.468 e. The Hall–Kier alpha value is -1.58. The molecule has 98 valence electrons. The molecule has 1 aromatic rings. The van der Waals surface area contributed by atoms with Gasteiger partial charge in [0.25, 0.3) is 5.91 Å². The van der Waals surface area contributed by atoms with Crippen molar-refractivity contribution in [2.24, 2.45) is 0 Å². The average Bonchev–Trinajstić information content (AvgIpc) is 2.37. The summed E-state index contributed by atoms with van der Waals surface area (Å²) < 4.78 is 5.42. The quantitative estimate of drug-likeness (QED) is 0.824. The van der Waals surface area contributed by atoms with Gasteiger partial charge in [-0.1, -0.05) is 6.07 Å². The Morgan fingerprint density at radius 3 is 2.72 bits per heavy atom. The van der Waals surface area contributed by atoms with Gasteiger partial charge in [0.15, 0.2) is 6.61 Å². The number of aromatic nitrogens is 1. The Bertz CT molecular complexity index is 384. The number of nitrogens with zero attached hydrogens (tertiary/aromatic N) is 2. The SMILES string of the molecule is CC1CCCC(C)N1C(=O)COc1ccccn1. The molecule has 2 heterocycles. The van der Waals surface area contributed by atoms with Crippen LogP contribution >= 0.6 is 0 Å². The van der Waals surface area contributed by atoms with Gasteiger partial charge in [-0.25, -0.2) is 4.98 Å². The van der Waals surface area contributed by atoms with Crippen molar-refractivity contribution in [3.05, 3.63) is 24.4 Å². The number of rotatable bonds is 3. The highest BCUT2D eigenvalue weighted by molar-refractivity contribution is 5.78. The van der Waals surface area contributed by atoms with Crippen LogP contribution in [-0.2, 0) is 4.79 Å². The van der Waals surface area contributed by atoms with Crippen molar-refractivity contribution in [1.29, 1.82) is 0 Å². The zero-order valence-electron chi connectivity index (χ0n) is 11.0. The maximum atomic E-state index is 12.2. The standard InChI is InChI=1S/C14H20N2O2/c1-11-6-5-7-12(2)16(11)14(17)10-18-13-8-3-4-9-15-13/h3-4,8-9,11-12H,5-7,10H2,1-2H3. The first kappa shape index (κ1) is 12.9. The molecule has 0 aromatic carbocycles. The second kappa shape index (κ2) is 5.85. The van der Waals surface area contributed by atoms with Gasteiger partial charge in [0.1, 0.15) is 0 Å². The van der Waals surface area contributed by atoms with Crippen molar-refractivity contribution in [1.82, 2.24) is 9.88 Å². The van der Waals surface area contributed by atoms with Crippen molar-refractivity contribution in [3.8, 4) is 5.88 Å². The van der Waals surface area contributed by atoms with E-state index >= 15 is 0 Å². The topological polar surface area (TPSA) is 42.4 Å². The molecule has 18 heavy (non-hydrogen) atoms. The third kappa shape index (κ3) is 3.00. The van der Waals surface area contributed by atoms with Gasteiger partial charge in [-0.3, -0.25) is 4.79 Å². The summed E-state index contributed by atoms with van der Waals surface area (Å²) >= 11 is 0. The second-order valence-electron chi connectivity index (χ2n) is 4.89. The van der Waals surface area contributed by atoms with Crippen LogP contribution in [-0.4, -0.2) is 34.5 Å². The molecule has 0 aliphatic carbocycles. The maximum Gasteiger partial charge on any atom is 0.261 e. The van der Waals surface area contributed by atoms with E-state index in [2.05, 4.69) is 18.8 Å². The van der Waals surface area contributed by atoms with Crippen molar-refractivity contribution in [3.63, 3.8) is 0 Å². The summed E-state index contributed by atoms with van der Waals surface area (Å²) in [6.07, 6.45) is 5.03. The van der Waals surface area contributed by atoms with E-state index < -0.39 is 0 Å². The Morgan fingerprint density at radius 2 is 2.11 bits per heavy atom. The van der Waals surface area contributed by atoms with Crippen LogP contribution in [0.15, 0.2) is 24.4 Å². The summed E-state index contributed by atoms with van der Waals surface area (Å²) in [5.74, 6) is 0.559. The first-order chi connectivity index (χ1) is 8.68. The van der Waals surface area contributed by atoms with E-state index in [0.29, 0.717) is 18.0 Å². The van der Waals surface area contributed by atoms with Gasteiger partial charge in [0.2, 0.25) is 5.88 Å². The number of pyridine rings is 1. The van der Waals surface area contributed by atoms with Crippen LogP contribution in [0.4, 0.5) is 0 Å². The molecule has 1 amide bonds. The van der Waals surface area contributed by atoms with Crippen LogP contribution in [0.3, 0.4) is 0 Å². The number of ether oxygens (including phenoxy) is 1. The Kier molecular flexibility index (Phi) is 4.18. The van der Waals surface area contributed by atoms with E-state index in [4.69, 9.17) is 4.74 Å². The van der Waals surface area contributed by atoms with Gasteiger partial charge in [0.05, 0.1) is 0 Å². The Morgan fingerprint density at radius 1 is 1.39 bits per heavy atom. The number of carbonyl (C=O) groups is 1. The predicted molar refractivity (Wildman–Crippen MR) is 69.4 cm³/mol. The van der Waals surface area contributed by atoms with Crippen molar-refractivity contribution >= 4 is 5.91 Å². The molecule has 2 unspecified atom stereocenters. The second-order valence-corrected chi connectivity index (χ2v) is 4.89. The summed E-state index contributed by atoms with van der Waals surface area (Å²) in [7, 11) is 0. The van der Waals surface area contributed by atoms with Crippen molar-refractivity contribution < 1.29 is 9.53 Å². The molecule has 0 bridgehead atoms. The van der Waals surface area contributed by atoms with Gasteiger partial charge < -0.3 is 9.64 Å². The third-order valence-electron chi connectivity index (χ3n) is 3.46. The Balaban J connectivity index is 1.91. The molecule has 1 fully saturated rings. The number of likely N-dealkylation sites (tertiary alicyclic amines) is 1. The summed E-state index contributed by atoms with van der Waals surface area (Å²) in [6.45, 7) is 4.29. The first-order valence-corrected chi connectivity index (χ1v) is 6.53. The van der Waals surface area contributed by atoms with Crippen LogP contribution in [0.1, 0.15) is 33.1 Å². The zero-order valence-corrected chi connectivity index (χ0v) is 11.0. The van der Waals surface area contributed by atoms with E-state index in [1.807, 2.05) is 17.0 Å². The third-order valence-corrected chi connectivity index (χ3v) is 3.46. The number of hydrogen-bond donors (Lipinski definition) is 0. The highest BCUT2D eigenvalue weighted by Crippen LogP contribution is 2.22. The largest absolute Gasteiger partial charge is 0.468 e. The minimum atomic E-state index is 0.0559. The van der Waals surface area contributed by atoms with E-state index in [1.54, 1.807) is 12.3 Å². The van der Waals surface area contributed by atoms with Crippen LogP contribution in [0, 0.1) is 0 Å². The van der Waals surface area contributed by atoms with E-state index in [0.717, 1.165) is 12.8 Å². The molecule has 1 saturated heterocycles. The monoisotopic (exact) mass is 248 g/mol. The lowest BCUT2D eigenvalue weighted by Crippen LogP contribution is -2.49. The molecule has 1 aliphatic rings. The van der Waals surface area contributed by atoms with Gasteiger partial charge in [-0.15, -0.1) is 0 Å². The molecular formula is C14H20N2O2. The predicted octanol–water partition coefficient (Wildman–Crippen LogP) is 2.25. The van der Waals surface area contributed by atoms with E-state index in [9.17, 15) is 4.79 Å². The Labute approximate surface area is 108 Å². The van der Waals surface area contributed by atoms with Crippen LogP contribution < -0.4 is 4.74 Å². The molecule has 0 N–H and O–H groups in total. The molecule has 2 atom stereocenters. The van der Waals surface area contributed by atoms with Crippen molar-refractivity contribution in [2.45, 2.75) is 45.2 Å². The fourth-order valence-electron chi connectivity index (χ4n) is 2.56. The molecule has 2 rings (SSSR count). The molecule has 0 radical (unpaired) electrons. The molecular weight excluding hydrogens is 228 g/mol. The molecule has 0 saturated carbocycles. The summed E-state index contributed by atoms with van der Waals surface area (Å²) in [5, 5.41) is 0. The summed E-state index contributed by atoms with van der Waals surface area (Å²) in [4.78, 5) is 18.2. The van der Waals surface area contributed by atoms with E-state index in [1.165, 1.54) is 6.42 Å². The molecule has 4 heteroatoms. The molecule has 1 aliphatic heterocycles. The first-order valence-electron chi connectivity index (χ1n) is 6.53. The summed E-state index contributed by atoms with van der Waals surface area (Å²) in [6, 6.07) is 6.06. The fraction of sp³-hybridized carbons (Fsp3) is 0.571. The maximum absolute atomic E-state index is 12.2. The fourth-order valence-corrected chi connectivity index (χ4v) is 2.56. The summed E-state index contributed by atoms with van der Waals surface area (Å²) in [5.41, 5.74) is 0. The highest BCUT2D eigenvalue weighted by Gasteiger charge is 2.28. The smallest absolute Gasteiger partial charge is 0.261 e. The average molecular weight is 248 g/mol. The molecule has 1 aromatic heterocycles. The lowest BCUT2D eigenvalue weighted by Gasteiger charge is -2.38. The van der Waals surface area contributed by atoms with Crippen LogP contribution in [0.25, 0.3) is 0 Å². The van der Waals surface area contributed by atoms with Gasteiger partial charge in [0, 0.05) is 24.3 Å². The highest BCUT2D eigenvalue weighted by atomic mass is 16.5. The zero-order chi connectivity index (χ0) is 13.0. The lowest BCUT2D eigenvalue weighted by molar-refractivity contribution is -0.139. The van der Waals surface area contributed by atoms with Crippen LogP contribution in [0.5, 0.6) is 5.88 Å². The van der Waals surface area contributed by atoms with Gasteiger partial charge >= 0.3 is 0 Å². The normalized spacial score (nSPS) is 23.8. The van der Waals surface area contributed by atoms with Gasteiger partial charge in [-0.2, -0.15) is 0 Å². The molecule has 4 nitrogen and oxygen atoms in total. The van der Waals surface area contributed by atoms with Gasteiger partial charge in [-0.05, 0) is 39.2 Å². The number of carbonyl (C=O) groups excluding carboxylic acids is 1.